The molecule has 3 aromatic rings. The number of hydrogen-bond donors (Lipinski definition) is 1. The predicted molar refractivity (Wildman–Crippen MR) is 106 cm³/mol. The van der Waals surface area contributed by atoms with E-state index in [1.165, 1.54) is 35.5 Å². The van der Waals surface area contributed by atoms with Crippen molar-refractivity contribution in [1.29, 1.82) is 0 Å². The van der Waals surface area contributed by atoms with Crippen molar-refractivity contribution in [3.63, 3.8) is 0 Å². The average Bonchev–Trinajstić information content (AvgIpc) is 3.10. The number of aromatic nitrogens is 1. The van der Waals surface area contributed by atoms with Crippen LogP contribution in [0.1, 0.15) is 30.5 Å². The highest BCUT2D eigenvalue weighted by Gasteiger charge is 2.38. The molecule has 27 heavy (non-hydrogen) atoms. The molecule has 0 bridgehead atoms. The molecule has 0 spiro atoms. The first-order valence-electron chi connectivity index (χ1n) is 9.17. The van der Waals surface area contributed by atoms with Crippen LogP contribution in [0.25, 0.3) is 10.6 Å². The molecule has 2 aromatic carbocycles. The molecule has 1 saturated carbocycles. The van der Waals surface area contributed by atoms with Crippen molar-refractivity contribution >= 4 is 17.2 Å². The van der Waals surface area contributed by atoms with Gasteiger partial charge in [0, 0.05) is 22.9 Å². The van der Waals surface area contributed by atoms with Gasteiger partial charge in [0.2, 0.25) is 5.91 Å². The summed E-state index contributed by atoms with van der Waals surface area (Å²) in [6.45, 7) is 0.663. The van der Waals surface area contributed by atoms with Gasteiger partial charge in [-0.2, -0.15) is 0 Å². The minimum absolute atomic E-state index is 0.0201. The third-order valence-corrected chi connectivity index (χ3v) is 6.23. The number of hydrogen-bond acceptors (Lipinski definition) is 3. The van der Waals surface area contributed by atoms with Crippen LogP contribution in [-0.4, -0.2) is 17.4 Å². The minimum atomic E-state index is -0.284. The van der Waals surface area contributed by atoms with Gasteiger partial charge in [-0.3, -0.25) is 4.79 Å². The first-order chi connectivity index (χ1) is 13.1. The van der Waals surface area contributed by atoms with Gasteiger partial charge >= 0.3 is 0 Å². The molecule has 0 radical (unpaired) electrons. The van der Waals surface area contributed by atoms with E-state index < -0.39 is 0 Å². The summed E-state index contributed by atoms with van der Waals surface area (Å²) >= 11 is 1.43. The molecule has 0 saturated heterocycles. The second-order valence-electron chi connectivity index (χ2n) is 7.11. The van der Waals surface area contributed by atoms with E-state index in [4.69, 9.17) is 0 Å². The van der Waals surface area contributed by atoms with Crippen LogP contribution >= 0.6 is 11.3 Å². The SMILES string of the molecule is O=C(Cc1csc(-c2cccc(F)c2)n1)NCC1(c2ccccc2)CCC1. The first kappa shape index (κ1) is 17.9. The Hall–Kier alpha value is -2.53. The van der Waals surface area contributed by atoms with Gasteiger partial charge in [-0.05, 0) is 30.5 Å². The summed E-state index contributed by atoms with van der Waals surface area (Å²) in [4.78, 5) is 16.9. The van der Waals surface area contributed by atoms with Gasteiger partial charge < -0.3 is 5.32 Å². The van der Waals surface area contributed by atoms with Crippen molar-refractivity contribution in [2.24, 2.45) is 0 Å². The van der Waals surface area contributed by atoms with Crippen LogP contribution in [0, 0.1) is 5.82 Å². The van der Waals surface area contributed by atoms with E-state index in [1.807, 2.05) is 17.5 Å². The lowest BCUT2D eigenvalue weighted by molar-refractivity contribution is -0.120. The van der Waals surface area contributed by atoms with Gasteiger partial charge in [-0.1, -0.05) is 48.9 Å². The molecular weight excluding hydrogens is 359 g/mol. The summed E-state index contributed by atoms with van der Waals surface area (Å²) < 4.78 is 13.4. The Bertz CT molecular complexity index is 934. The molecule has 0 unspecified atom stereocenters. The minimum Gasteiger partial charge on any atom is -0.355 e. The highest BCUT2D eigenvalue weighted by Crippen LogP contribution is 2.43. The number of nitrogens with zero attached hydrogens (tertiary/aromatic N) is 1. The Morgan fingerprint density at radius 2 is 1.96 bits per heavy atom. The first-order valence-corrected chi connectivity index (χ1v) is 10.1. The van der Waals surface area contributed by atoms with E-state index in [9.17, 15) is 9.18 Å². The smallest absolute Gasteiger partial charge is 0.226 e. The maximum Gasteiger partial charge on any atom is 0.226 e. The lowest BCUT2D eigenvalue weighted by Gasteiger charge is -2.42. The summed E-state index contributed by atoms with van der Waals surface area (Å²) in [5.41, 5.74) is 2.84. The molecule has 1 aromatic heterocycles. The molecule has 1 N–H and O–H groups in total. The van der Waals surface area contributed by atoms with Crippen LogP contribution in [0.3, 0.4) is 0 Å². The number of carbonyl (C=O) groups excluding carboxylic acids is 1. The zero-order chi connectivity index (χ0) is 18.7. The van der Waals surface area contributed by atoms with E-state index >= 15 is 0 Å². The number of halogens is 1. The Morgan fingerprint density at radius 3 is 2.67 bits per heavy atom. The fourth-order valence-corrected chi connectivity index (χ4v) is 4.42. The van der Waals surface area contributed by atoms with Crippen LogP contribution < -0.4 is 5.32 Å². The highest BCUT2D eigenvalue weighted by atomic mass is 32.1. The Labute approximate surface area is 162 Å². The number of carbonyl (C=O) groups is 1. The summed E-state index contributed by atoms with van der Waals surface area (Å²) in [7, 11) is 0. The second-order valence-corrected chi connectivity index (χ2v) is 7.97. The molecule has 3 nitrogen and oxygen atoms in total. The Kier molecular flexibility index (Phi) is 5.03. The van der Waals surface area contributed by atoms with Gasteiger partial charge in [0.1, 0.15) is 10.8 Å². The zero-order valence-corrected chi connectivity index (χ0v) is 15.8. The van der Waals surface area contributed by atoms with E-state index in [0.29, 0.717) is 6.54 Å². The highest BCUT2D eigenvalue weighted by molar-refractivity contribution is 7.13. The molecule has 1 aliphatic rings. The van der Waals surface area contributed by atoms with Crippen LogP contribution in [0.15, 0.2) is 60.0 Å². The van der Waals surface area contributed by atoms with E-state index in [0.717, 1.165) is 29.1 Å². The van der Waals surface area contributed by atoms with Crippen molar-refractivity contribution in [3.05, 3.63) is 77.1 Å². The predicted octanol–water partition coefficient (Wildman–Crippen LogP) is 4.73. The van der Waals surface area contributed by atoms with Gasteiger partial charge in [0.25, 0.3) is 0 Å². The van der Waals surface area contributed by atoms with E-state index in [-0.39, 0.29) is 23.6 Å². The topological polar surface area (TPSA) is 42.0 Å². The maximum atomic E-state index is 13.4. The monoisotopic (exact) mass is 380 g/mol. The van der Waals surface area contributed by atoms with Gasteiger partial charge in [0.05, 0.1) is 12.1 Å². The van der Waals surface area contributed by atoms with Gasteiger partial charge in [0.15, 0.2) is 0 Å². The molecule has 0 aliphatic heterocycles. The van der Waals surface area contributed by atoms with E-state index in [2.05, 4.69) is 34.6 Å². The number of amides is 1. The molecule has 4 rings (SSSR count). The molecule has 5 heteroatoms. The van der Waals surface area contributed by atoms with Crippen LogP contribution in [-0.2, 0) is 16.6 Å². The van der Waals surface area contributed by atoms with Crippen molar-refractivity contribution in [3.8, 4) is 10.6 Å². The fourth-order valence-electron chi connectivity index (χ4n) is 3.60. The summed E-state index contributed by atoms with van der Waals surface area (Å²) in [5, 5.41) is 5.70. The van der Waals surface area contributed by atoms with Crippen molar-refractivity contribution in [2.45, 2.75) is 31.1 Å². The van der Waals surface area contributed by atoms with E-state index in [1.54, 1.807) is 6.07 Å². The number of nitrogens with one attached hydrogen (secondary N) is 1. The Balaban J connectivity index is 1.37. The normalized spacial score (nSPS) is 15.1. The van der Waals surface area contributed by atoms with Crippen LogP contribution in [0.5, 0.6) is 0 Å². The zero-order valence-electron chi connectivity index (χ0n) is 15.0. The third-order valence-electron chi connectivity index (χ3n) is 5.29. The summed E-state index contributed by atoms with van der Waals surface area (Å²) in [6, 6.07) is 16.8. The molecule has 1 amide bonds. The van der Waals surface area contributed by atoms with Crippen LogP contribution in [0.2, 0.25) is 0 Å². The fraction of sp³-hybridized carbons (Fsp3) is 0.273. The standard InChI is InChI=1S/C22H21FN2OS/c23-18-9-4-6-16(12-18)21-25-19(14-27-21)13-20(26)24-15-22(10-5-11-22)17-7-2-1-3-8-17/h1-4,6-9,12,14H,5,10-11,13,15H2,(H,24,26). The average molecular weight is 380 g/mol. The quantitative estimate of drug-likeness (QED) is 0.672. The summed E-state index contributed by atoms with van der Waals surface area (Å²) in [5.74, 6) is -0.304. The molecule has 0 atom stereocenters. The Morgan fingerprint density at radius 1 is 1.15 bits per heavy atom. The lowest BCUT2D eigenvalue weighted by Crippen LogP contribution is -2.45. The molecular formula is C22H21FN2OS. The lowest BCUT2D eigenvalue weighted by atomic mass is 9.64. The third kappa shape index (κ3) is 3.93. The number of thiazole rings is 1. The van der Waals surface area contributed by atoms with Gasteiger partial charge in [-0.25, -0.2) is 9.37 Å². The van der Waals surface area contributed by atoms with Crippen molar-refractivity contribution in [1.82, 2.24) is 10.3 Å². The molecule has 138 valence electrons. The second kappa shape index (κ2) is 7.61. The maximum absolute atomic E-state index is 13.4. The van der Waals surface area contributed by atoms with Crippen molar-refractivity contribution in [2.75, 3.05) is 6.54 Å². The largest absolute Gasteiger partial charge is 0.355 e. The van der Waals surface area contributed by atoms with Crippen molar-refractivity contribution < 1.29 is 9.18 Å². The van der Waals surface area contributed by atoms with Gasteiger partial charge in [-0.15, -0.1) is 11.3 Å². The molecule has 1 fully saturated rings. The summed E-state index contributed by atoms with van der Waals surface area (Å²) in [6.07, 6.45) is 3.67. The number of benzene rings is 2. The molecule has 1 heterocycles. The molecule has 1 aliphatic carbocycles. The number of rotatable bonds is 6. The van der Waals surface area contributed by atoms with Crippen LogP contribution in [0.4, 0.5) is 4.39 Å².